The Kier molecular flexibility index (Phi) is 5.26. The Morgan fingerprint density at radius 3 is 2.61 bits per heavy atom. The summed E-state index contributed by atoms with van der Waals surface area (Å²) in [5, 5.41) is 27.7. The zero-order valence-corrected chi connectivity index (χ0v) is 20.3. The summed E-state index contributed by atoms with van der Waals surface area (Å²) in [7, 11) is 0. The molecular weight excluding hydrogens is 434 g/mol. The maximum absolute atomic E-state index is 10.5. The zero-order chi connectivity index (χ0) is 23.4. The summed E-state index contributed by atoms with van der Waals surface area (Å²) < 4.78 is 1.08. The van der Waals surface area contributed by atoms with E-state index >= 15 is 0 Å². The summed E-state index contributed by atoms with van der Waals surface area (Å²) in [6.07, 6.45) is 6.22. The SMILES string of the molecule is Cc1nc(NC2(C#N)CC2)nc(NC2CCC(C(C)(C)O)C2)c1-c1nc2c(C)nccc2s1. The van der Waals surface area contributed by atoms with E-state index in [1.165, 1.54) is 0 Å². The molecule has 9 heteroatoms. The van der Waals surface area contributed by atoms with Crippen LogP contribution in [0, 0.1) is 31.1 Å². The molecule has 3 aromatic heterocycles. The number of aliphatic hydroxyl groups is 1. The third-order valence-electron chi connectivity index (χ3n) is 6.88. The molecule has 0 aromatic carbocycles. The van der Waals surface area contributed by atoms with Crippen molar-refractivity contribution in [1.29, 1.82) is 5.26 Å². The van der Waals surface area contributed by atoms with Crippen molar-refractivity contribution in [2.24, 2.45) is 5.92 Å². The van der Waals surface area contributed by atoms with Crippen molar-refractivity contribution in [2.75, 3.05) is 10.6 Å². The van der Waals surface area contributed by atoms with E-state index in [1.807, 2.05) is 33.8 Å². The van der Waals surface area contributed by atoms with Crippen LogP contribution in [0.15, 0.2) is 12.3 Å². The third-order valence-corrected chi connectivity index (χ3v) is 7.92. The predicted octanol–water partition coefficient (Wildman–Crippen LogP) is 4.58. The standard InChI is InChI=1S/C24H29N7OS/c1-13-18(21-29-19-14(2)26-10-7-17(19)33-21)20(28-16-6-5-15(11-16)23(3,4)32)30-22(27-13)31-24(12-25)8-9-24/h7,10,15-16,32H,5-6,8-9,11H2,1-4H3,(H2,27,28,30,31). The van der Waals surface area contributed by atoms with Gasteiger partial charge in [-0.2, -0.15) is 10.2 Å². The lowest BCUT2D eigenvalue weighted by molar-refractivity contribution is 0.0197. The van der Waals surface area contributed by atoms with Crippen LogP contribution in [0.2, 0.25) is 0 Å². The second-order valence-corrected chi connectivity index (χ2v) is 11.0. The van der Waals surface area contributed by atoms with Crippen LogP contribution < -0.4 is 10.6 Å². The number of fused-ring (bicyclic) bond motifs is 1. The Labute approximate surface area is 197 Å². The van der Waals surface area contributed by atoms with Gasteiger partial charge in [0.15, 0.2) is 0 Å². The molecule has 5 rings (SSSR count). The minimum Gasteiger partial charge on any atom is -0.390 e. The van der Waals surface area contributed by atoms with E-state index in [2.05, 4.69) is 21.7 Å². The van der Waals surface area contributed by atoms with Gasteiger partial charge in [-0.3, -0.25) is 4.98 Å². The Morgan fingerprint density at radius 1 is 1.18 bits per heavy atom. The lowest BCUT2D eigenvalue weighted by Gasteiger charge is -2.25. The molecule has 2 saturated carbocycles. The van der Waals surface area contributed by atoms with Gasteiger partial charge in [-0.1, -0.05) is 0 Å². The van der Waals surface area contributed by atoms with Gasteiger partial charge >= 0.3 is 0 Å². The minimum atomic E-state index is -0.698. The first-order valence-electron chi connectivity index (χ1n) is 11.5. The largest absolute Gasteiger partial charge is 0.390 e. The number of thiazole rings is 1. The number of rotatable bonds is 6. The maximum atomic E-state index is 10.5. The average Bonchev–Trinajstić information content (AvgIpc) is 3.14. The van der Waals surface area contributed by atoms with Crippen LogP contribution in [0.1, 0.15) is 57.3 Å². The number of nitrogens with zero attached hydrogens (tertiary/aromatic N) is 5. The van der Waals surface area contributed by atoms with Gasteiger partial charge in [-0.05, 0) is 71.8 Å². The van der Waals surface area contributed by atoms with Crippen molar-refractivity contribution in [1.82, 2.24) is 19.9 Å². The third kappa shape index (κ3) is 4.25. The van der Waals surface area contributed by atoms with Crippen molar-refractivity contribution < 1.29 is 5.11 Å². The van der Waals surface area contributed by atoms with Crippen LogP contribution in [0.3, 0.4) is 0 Å². The second kappa shape index (κ2) is 7.89. The molecule has 0 saturated heterocycles. The lowest BCUT2D eigenvalue weighted by Crippen LogP contribution is -2.30. The summed E-state index contributed by atoms with van der Waals surface area (Å²) in [4.78, 5) is 18.8. The number of pyridine rings is 1. The van der Waals surface area contributed by atoms with Crippen molar-refractivity contribution in [3.8, 4) is 16.6 Å². The Bertz CT molecular complexity index is 1250. The summed E-state index contributed by atoms with van der Waals surface area (Å²) in [6.45, 7) is 7.70. The number of aromatic nitrogens is 4. The van der Waals surface area contributed by atoms with Gasteiger partial charge in [0.05, 0.1) is 33.3 Å². The fourth-order valence-electron chi connectivity index (χ4n) is 4.63. The summed E-state index contributed by atoms with van der Waals surface area (Å²) in [5.41, 5.74) is 2.24. The van der Waals surface area contributed by atoms with Crippen LogP contribution >= 0.6 is 11.3 Å². The Morgan fingerprint density at radius 2 is 1.97 bits per heavy atom. The smallest absolute Gasteiger partial charge is 0.226 e. The number of nitrogens with one attached hydrogen (secondary N) is 2. The first kappa shape index (κ1) is 22.0. The highest BCUT2D eigenvalue weighted by Gasteiger charge is 2.44. The van der Waals surface area contributed by atoms with Crippen molar-refractivity contribution >= 4 is 33.3 Å². The molecular formula is C24H29N7OS. The highest BCUT2D eigenvalue weighted by molar-refractivity contribution is 7.21. The summed E-state index contributed by atoms with van der Waals surface area (Å²) >= 11 is 1.61. The molecule has 172 valence electrons. The Balaban J connectivity index is 1.54. The molecule has 2 aliphatic rings. The van der Waals surface area contributed by atoms with E-state index in [0.29, 0.717) is 5.95 Å². The predicted molar refractivity (Wildman–Crippen MR) is 130 cm³/mol. The fourth-order valence-corrected chi connectivity index (χ4v) is 5.74. The van der Waals surface area contributed by atoms with E-state index in [0.717, 1.165) is 70.1 Å². The normalized spacial score (nSPS) is 21.7. The molecule has 2 fully saturated rings. The topological polar surface area (TPSA) is 120 Å². The monoisotopic (exact) mass is 463 g/mol. The van der Waals surface area contributed by atoms with Crippen LogP contribution in [-0.4, -0.2) is 42.2 Å². The van der Waals surface area contributed by atoms with Gasteiger partial charge in [0.25, 0.3) is 0 Å². The number of anilines is 2. The second-order valence-electron chi connectivity index (χ2n) is 9.94. The first-order valence-corrected chi connectivity index (χ1v) is 12.3. The van der Waals surface area contributed by atoms with Crippen LogP contribution in [0.5, 0.6) is 0 Å². The Hall–Kier alpha value is -2.83. The molecule has 0 amide bonds. The molecule has 3 aromatic rings. The highest BCUT2D eigenvalue weighted by Crippen LogP contribution is 2.41. The van der Waals surface area contributed by atoms with E-state index in [4.69, 9.17) is 15.0 Å². The number of aryl methyl sites for hydroxylation is 2. The molecule has 3 N–H and O–H groups in total. The first-order chi connectivity index (χ1) is 15.7. The molecule has 0 radical (unpaired) electrons. The highest BCUT2D eigenvalue weighted by atomic mass is 32.1. The number of nitriles is 1. The average molecular weight is 464 g/mol. The van der Waals surface area contributed by atoms with Crippen molar-refractivity contribution in [3.63, 3.8) is 0 Å². The molecule has 33 heavy (non-hydrogen) atoms. The van der Waals surface area contributed by atoms with Gasteiger partial charge in [0.2, 0.25) is 5.95 Å². The van der Waals surface area contributed by atoms with Crippen molar-refractivity contribution in [2.45, 2.75) is 77.0 Å². The number of hydrogen-bond donors (Lipinski definition) is 3. The molecule has 2 atom stereocenters. The van der Waals surface area contributed by atoms with Crippen LogP contribution in [-0.2, 0) is 0 Å². The zero-order valence-electron chi connectivity index (χ0n) is 19.4. The van der Waals surface area contributed by atoms with Gasteiger partial charge in [0.1, 0.15) is 21.9 Å². The van der Waals surface area contributed by atoms with E-state index < -0.39 is 11.1 Å². The fraction of sp³-hybridized carbons (Fsp3) is 0.542. The van der Waals surface area contributed by atoms with Crippen LogP contribution in [0.4, 0.5) is 11.8 Å². The maximum Gasteiger partial charge on any atom is 0.226 e. The van der Waals surface area contributed by atoms with Gasteiger partial charge in [-0.25, -0.2) is 9.97 Å². The summed E-state index contributed by atoms with van der Waals surface area (Å²) in [6, 6.07) is 4.53. The molecule has 0 aliphatic heterocycles. The molecule has 8 nitrogen and oxygen atoms in total. The van der Waals surface area contributed by atoms with Crippen molar-refractivity contribution in [3.05, 3.63) is 23.7 Å². The number of hydrogen-bond acceptors (Lipinski definition) is 9. The minimum absolute atomic E-state index is 0.200. The van der Waals surface area contributed by atoms with E-state index in [-0.39, 0.29) is 12.0 Å². The van der Waals surface area contributed by atoms with Gasteiger partial charge in [-0.15, -0.1) is 11.3 Å². The van der Waals surface area contributed by atoms with E-state index in [1.54, 1.807) is 17.5 Å². The summed E-state index contributed by atoms with van der Waals surface area (Å²) in [5.74, 6) is 1.43. The van der Waals surface area contributed by atoms with Crippen LogP contribution in [0.25, 0.3) is 20.8 Å². The lowest BCUT2D eigenvalue weighted by atomic mass is 9.89. The molecule has 3 heterocycles. The van der Waals surface area contributed by atoms with Gasteiger partial charge < -0.3 is 15.7 Å². The molecule has 0 bridgehead atoms. The van der Waals surface area contributed by atoms with E-state index in [9.17, 15) is 10.4 Å². The molecule has 2 aliphatic carbocycles. The quantitative estimate of drug-likeness (QED) is 0.486. The molecule has 2 unspecified atom stereocenters. The van der Waals surface area contributed by atoms with Gasteiger partial charge in [0, 0.05) is 12.2 Å². The molecule has 0 spiro atoms.